The Morgan fingerprint density at radius 1 is 1.54 bits per heavy atom. The summed E-state index contributed by atoms with van der Waals surface area (Å²) < 4.78 is 0. The maximum atomic E-state index is 4.09. The quantitative estimate of drug-likeness (QED) is 0.746. The van der Waals surface area contributed by atoms with Crippen molar-refractivity contribution >= 4 is 0 Å². The lowest BCUT2D eigenvalue weighted by Gasteiger charge is -2.08. The van der Waals surface area contributed by atoms with Crippen LogP contribution in [0.2, 0.25) is 0 Å². The van der Waals surface area contributed by atoms with Crippen molar-refractivity contribution in [3.63, 3.8) is 0 Å². The number of pyridine rings is 1. The maximum Gasteiger partial charge on any atom is 0.0299 e. The van der Waals surface area contributed by atoms with Gasteiger partial charge in [-0.15, -0.1) is 0 Å². The van der Waals surface area contributed by atoms with E-state index in [0.717, 1.165) is 6.42 Å². The molecule has 0 aliphatic rings. The summed E-state index contributed by atoms with van der Waals surface area (Å²) in [5, 5.41) is 3.24. The minimum atomic E-state index is 0.622. The van der Waals surface area contributed by atoms with Crippen molar-refractivity contribution in [1.29, 1.82) is 0 Å². The molecule has 1 unspecified atom stereocenters. The van der Waals surface area contributed by atoms with Gasteiger partial charge in [0.2, 0.25) is 0 Å². The van der Waals surface area contributed by atoms with Gasteiger partial charge >= 0.3 is 0 Å². The predicted molar refractivity (Wildman–Crippen MR) is 55.7 cm³/mol. The Bertz CT molecular complexity index is 221. The normalized spacial score (nSPS) is 12.8. The van der Waals surface area contributed by atoms with Crippen LogP contribution in [0.15, 0.2) is 24.5 Å². The zero-order valence-corrected chi connectivity index (χ0v) is 8.46. The average Bonchev–Trinajstić information content (AvgIpc) is 2.19. The third kappa shape index (κ3) is 4.04. The SMILES string of the molecule is CNC(C)CCCc1cccnc1. The van der Waals surface area contributed by atoms with E-state index in [1.807, 2.05) is 25.5 Å². The molecular weight excluding hydrogens is 160 g/mol. The van der Waals surface area contributed by atoms with E-state index in [4.69, 9.17) is 0 Å². The Morgan fingerprint density at radius 3 is 3.00 bits per heavy atom. The summed E-state index contributed by atoms with van der Waals surface area (Å²) in [5.41, 5.74) is 1.34. The molecule has 13 heavy (non-hydrogen) atoms. The molecule has 0 fully saturated rings. The highest BCUT2D eigenvalue weighted by molar-refractivity contribution is 5.08. The van der Waals surface area contributed by atoms with Crippen LogP contribution in [0.1, 0.15) is 25.3 Å². The van der Waals surface area contributed by atoms with E-state index in [1.54, 1.807) is 0 Å². The minimum Gasteiger partial charge on any atom is -0.317 e. The van der Waals surface area contributed by atoms with Crippen molar-refractivity contribution in [1.82, 2.24) is 10.3 Å². The molecule has 0 aliphatic carbocycles. The molecule has 0 bridgehead atoms. The largest absolute Gasteiger partial charge is 0.317 e. The third-order valence-electron chi connectivity index (χ3n) is 2.32. The zero-order chi connectivity index (χ0) is 9.52. The van der Waals surface area contributed by atoms with Gasteiger partial charge in [-0.05, 0) is 44.9 Å². The van der Waals surface area contributed by atoms with E-state index in [0.29, 0.717) is 6.04 Å². The Morgan fingerprint density at radius 2 is 2.38 bits per heavy atom. The monoisotopic (exact) mass is 178 g/mol. The fraction of sp³-hybridized carbons (Fsp3) is 0.545. The molecule has 0 spiro atoms. The predicted octanol–water partition coefficient (Wildman–Crippen LogP) is 2.01. The van der Waals surface area contributed by atoms with E-state index in [9.17, 15) is 0 Å². The van der Waals surface area contributed by atoms with Crippen molar-refractivity contribution in [3.8, 4) is 0 Å². The summed E-state index contributed by atoms with van der Waals surface area (Å²) >= 11 is 0. The standard InChI is InChI=1S/C11H18N2/c1-10(12-2)5-3-6-11-7-4-8-13-9-11/h4,7-10,12H,3,5-6H2,1-2H3. The molecule has 0 aromatic carbocycles. The number of nitrogens with one attached hydrogen (secondary N) is 1. The van der Waals surface area contributed by atoms with Crippen LogP contribution < -0.4 is 5.32 Å². The summed E-state index contributed by atoms with van der Waals surface area (Å²) in [4.78, 5) is 4.09. The molecule has 0 radical (unpaired) electrons. The summed E-state index contributed by atoms with van der Waals surface area (Å²) in [6, 6.07) is 4.75. The molecular formula is C11H18N2. The molecule has 72 valence electrons. The number of aryl methyl sites for hydroxylation is 1. The van der Waals surface area contributed by atoms with Crippen LogP contribution in [0.25, 0.3) is 0 Å². The number of rotatable bonds is 5. The summed E-state index contributed by atoms with van der Waals surface area (Å²) in [6.07, 6.45) is 7.36. The van der Waals surface area contributed by atoms with Gasteiger partial charge in [-0.2, -0.15) is 0 Å². The van der Waals surface area contributed by atoms with Crippen LogP contribution in [-0.2, 0) is 6.42 Å². The maximum absolute atomic E-state index is 4.09. The fourth-order valence-corrected chi connectivity index (χ4v) is 1.30. The van der Waals surface area contributed by atoms with Gasteiger partial charge in [-0.3, -0.25) is 4.98 Å². The molecule has 1 aromatic rings. The molecule has 2 nitrogen and oxygen atoms in total. The van der Waals surface area contributed by atoms with Crippen molar-refractivity contribution < 1.29 is 0 Å². The van der Waals surface area contributed by atoms with E-state index in [1.165, 1.54) is 18.4 Å². The van der Waals surface area contributed by atoms with Gasteiger partial charge in [-0.25, -0.2) is 0 Å². The third-order valence-corrected chi connectivity index (χ3v) is 2.32. The van der Waals surface area contributed by atoms with Gasteiger partial charge in [0.1, 0.15) is 0 Å². The molecule has 1 rings (SSSR count). The lowest BCUT2D eigenvalue weighted by Crippen LogP contribution is -2.20. The van der Waals surface area contributed by atoms with Gasteiger partial charge < -0.3 is 5.32 Å². The first-order chi connectivity index (χ1) is 6.33. The van der Waals surface area contributed by atoms with Gasteiger partial charge in [0.15, 0.2) is 0 Å². The van der Waals surface area contributed by atoms with E-state index < -0.39 is 0 Å². The lowest BCUT2D eigenvalue weighted by molar-refractivity contribution is 0.542. The number of hydrogen-bond acceptors (Lipinski definition) is 2. The topological polar surface area (TPSA) is 24.9 Å². The Labute approximate surface area is 80.4 Å². The first-order valence-electron chi connectivity index (χ1n) is 4.89. The van der Waals surface area contributed by atoms with Crippen molar-refractivity contribution in [2.24, 2.45) is 0 Å². The van der Waals surface area contributed by atoms with Gasteiger partial charge in [0.25, 0.3) is 0 Å². The highest BCUT2D eigenvalue weighted by Crippen LogP contribution is 2.04. The first-order valence-corrected chi connectivity index (χ1v) is 4.89. The second kappa shape index (κ2) is 5.70. The van der Waals surface area contributed by atoms with Gasteiger partial charge in [0.05, 0.1) is 0 Å². The van der Waals surface area contributed by atoms with Gasteiger partial charge in [0, 0.05) is 18.4 Å². The van der Waals surface area contributed by atoms with Crippen LogP contribution in [0.5, 0.6) is 0 Å². The van der Waals surface area contributed by atoms with Crippen molar-refractivity contribution in [3.05, 3.63) is 30.1 Å². The van der Waals surface area contributed by atoms with Gasteiger partial charge in [-0.1, -0.05) is 6.07 Å². The Hall–Kier alpha value is -0.890. The summed E-state index contributed by atoms with van der Waals surface area (Å²) in [7, 11) is 2.01. The molecule has 1 aromatic heterocycles. The number of hydrogen-bond donors (Lipinski definition) is 1. The smallest absolute Gasteiger partial charge is 0.0299 e. The molecule has 0 amide bonds. The van der Waals surface area contributed by atoms with Crippen molar-refractivity contribution in [2.75, 3.05) is 7.05 Å². The van der Waals surface area contributed by atoms with Crippen molar-refractivity contribution in [2.45, 2.75) is 32.2 Å². The highest BCUT2D eigenvalue weighted by atomic mass is 14.8. The molecule has 0 saturated carbocycles. The zero-order valence-electron chi connectivity index (χ0n) is 8.46. The first kappa shape index (κ1) is 10.2. The second-order valence-corrected chi connectivity index (χ2v) is 3.44. The minimum absolute atomic E-state index is 0.622. The molecule has 1 atom stereocenters. The van der Waals surface area contributed by atoms with Crippen LogP contribution in [0, 0.1) is 0 Å². The Kier molecular flexibility index (Phi) is 4.47. The van der Waals surface area contributed by atoms with Crippen LogP contribution >= 0.6 is 0 Å². The highest BCUT2D eigenvalue weighted by Gasteiger charge is 1.98. The average molecular weight is 178 g/mol. The Balaban J connectivity index is 2.20. The summed E-state index contributed by atoms with van der Waals surface area (Å²) in [5.74, 6) is 0. The molecule has 1 heterocycles. The lowest BCUT2D eigenvalue weighted by atomic mass is 10.1. The fourth-order valence-electron chi connectivity index (χ4n) is 1.30. The number of aromatic nitrogens is 1. The number of nitrogens with zero attached hydrogens (tertiary/aromatic N) is 1. The van der Waals surface area contributed by atoms with E-state index in [2.05, 4.69) is 23.3 Å². The molecule has 0 saturated heterocycles. The molecule has 0 aliphatic heterocycles. The molecule has 1 N–H and O–H groups in total. The van der Waals surface area contributed by atoms with E-state index >= 15 is 0 Å². The summed E-state index contributed by atoms with van der Waals surface area (Å²) in [6.45, 7) is 2.21. The molecule has 2 heteroatoms. The van der Waals surface area contributed by atoms with Crippen LogP contribution in [-0.4, -0.2) is 18.1 Å². The van der Waals surface area contributed by atoms with Crippen LogP contribution in [0.3, 0.4) is 0 Å². The van der Waals surface area contributed by atoms with E-state index in [-0.39, 0.29) is 0 Å². The van der Waals surface area contributed by atoms with Crippen LogP contribution in [0.4, 0.5) is 0 Å². The second-order valence-electron chi connectivity index (χ2n) is 3.44.